The van der Waals surface area contributed by atoms with Crippen molar-refractivity contribution >= 4 is 27.8 Å². The Morgan fingerprint density at radius 1 is 1.42 bits per heavy atom. The van der Waals surface area contributed by atoms with E-state index < -0.39 is 0 Å². The Morgan fingerprint density at radius 3 is 3.00 bits per heavy atom. The summed E-state index contributed by atoms with van der Waals surface area (Å²) in [5.41, 5.74) is 1.16. The molecule has 1 amide bonds. The molecule has 2 heterocycles. The molecule has 2 aromatic heterocycles. The van der Waals surface area contributed by atoms with Gasteiger partial charge in [-0.05, 0) is 40.5 Å². The molecule has 0 saturated carbocycles. The summed E-state index contributed by atoms with van der Waals surface area (Å²) in [5.74, 6) is -0.490. The van der Waals surface area contributed by atoms with Crippen LogP contribution in [0, 0.1) is 5.82 Å². The van der Waals surface area contributed by atoms with Crippen molar-refractivity contribution < 1.29 is 9.18 Å². The summed E-state index contributed by atoms with van der Waals surface area (Å²) < 4.78 is 16.9. The molecule has 0 fully saturated rings. The number of rotatable bonds is 5. The van der Waals surface area contributed by atoms with Crippen LogP contribution >= 0.6 is 15.9 Å². The van der Waals surface area contributed by atoms with Crippen LogP contribution in [0.3, 0.4) is 0 Å². The van der Waals surface area contributed by atoms with E-state index in [2.05, 4.69) is 36.4 Å². The van der Waals surface area contributed by atoms with Crippen molar-refractivity contribution in [2.75, 3.05) is 5.32 Å². The predicted molar refractivity (Wildman–Crippen MR) is 89.1 cm³/mol. The summed E-state index contributed by atoms with van der Waals surface area (Å²) >= 11 is 3.30. The normalized spacial score (nSPS) is 10.8. The van der Waals surface area contributed by atoms with Crippen molar-refractivity contribution in [3.05, 3.63) is 58.3 Å². The number of nitrogens with zero attached hydrogens (tertiary/aromatic N) is 5. The minimum absolute atomic E-state index is 0.173. The van der Waals surface area contributed by atoms with Gasteiger partial charge in [-0.15, -0.1) is 5.10 Å². The van der Waals surface area contributed by atoms with Gasteiger partial charge in [-0.2, -0.15) is 5.10 Å². The molecule has 0 aliphatic heterocycles. The first-order chi connectivity index (χ1) is 11.6. The maximum absolute atomic E-state index is 13.2. The zero-order chi connectivity index (χ0) is 17.1. The number of carbonyl (C=O) groups is 1. The summed E-state index contributed by atoms with van der Waals surface area (Å²) in [6.45, 7) is 2.81. The van der Waals surface area contributed by atoms with E-state index >= 15 is 0 Å². The first-order valence-electron chi connectivity index (χ1n) is 7.23. The lowest BCUT2D eigenvalue weighted by Gasteiger charge is -2.04. The van der Waals surface area contributed by atoms with Gasteiger partial charge in [0.2, 0.25) is 5.95 Å². The van der Waals surface area contributed by atoms with Crippen LogP contribution in [0.4, 0.5) is 10.3 Å². The second-order valence-electron chi connectivity index (χ2n) is 5.01. The predicted octanol–water partition coefficient (Wildman–Crippen LogP) is 2.70. The van der Waals surface area contributed by atoms with Crippen LogP contribution in [-0.2, 0) is 13.1 Å². The van der Waals surface area contributed by atoms with Crippen LogP contribution in [0.1, 0.15) is 23.0 Å². The van der Waals surface area contributed by atoms with Gasteiger partial charge in [0.15, 0.2) is 0 Å². The average Bonchev–Trinajstić information content (AvgIpc) is 3.13. The van der Waals surface area contributed by atoms with Crippen molar-refractivity contribution in [2.45, 2.75) is 20.0 Å². The number of anilines is 1. The number of nitrogens with one attached hydrogen (secondary N) is 1. The number of aromatic nitrogens is 5. The number of benzene rings is 1. The molecule has 0 aliphatic carbocycles. The molecule has 124 valence electrons. The first kappa shape index (κ1) is 16.3. The minimum atomic E-state index is -0.357. The molecule has 1 aromatic carbocycles. The summed E-state index contributed by atoms with van der Waals surface area (Å²) in [7, 11) is 0. The number of amides is 1. The Labute approximate surface area is 145 Å². The highest BCUT2D eigenvalue weighted by molar-refractivity contribution is 9.10. The van der Waals surface area contributed by atoms with Gasteiger partial charge >= 0.3 is 0 Å². The molecule has 9 heteroatoms. The molecule has 0 aliphatic rings. The Hall–Kier alpha value is -2.55. The number of hydrogen-bond acceptors (Lipinski definition) is 4. The summed E-state index contributed by atoms with van der Waals surface area (Å²) in [6, 6.07) is 6.23. The Balaban J connectivity index is 1.72. The first-order valence-corrected chi connectivity index (χ1v) is 8.02. The second-order valence-corrected chi connectivity index (χ2v) is 5.86. The summed E-state index contributed by atoms with van der Waals surface area (Å²) in [6.07, 6.45) is 3.04. The zero-order valence-corrected chi connectivity index (χ0v) is 14.4. The molecule has 3 rings (SSSR count). The average molecular weight is 393 g/mol. The third kappa shape index (κ3) is 3.51. The third-order valence-corrected chi connectivity index (χ3v) is 3.89. The fraction of sp³-hybridized carbons (Fsp3) is 0.200. The Bertz CT molecular complexity index is 874. The highest BCUT2D eigenvalue weighted by Crippen LogP contribution is 2.17. The minimum Gasteiger partial charge on any atom is -0.288 e. The molecule has 7 nitrogen and oxygen atoms in total. The highest BCUT2D eigenvalue weighted by Gasteiger charge is 2.18. The van der Waals surface area contributed by atoms with Crippen LogP contribution in [0.2, 0.25) is 0 Å². The molecule has 24 heavy (non-hydrogen) atoms. The van der Waals surface area contributed by atoms with Crippen molar-refractivity contribution in [1.29, 1.82) is 0 Å². The van der Waals surface area contributed by atoms with E-state index in [1.807, 2.05) is 6.92 Å². The topological polar surface area (TPSA) is 77.6 Å². The van der Waals surface area contributed by atoms with Gasteiger partial charge in [-0.3, -0.25) is 14.8 Å². The number of carbonyl (C=O) groups excluding carboxylic acids is 1. The molecule has 0 spiro atoms. The SMILES string of the molecule is CCn1ncc(Br)c1C(=O)Nc1ncn(Cc2cccc(F)c2)n1. The molecule has 0 bridgehead atoms. The molecule has 0 radical (unpaired) electrons. The lowest BCUT2D eigenvalue weighted by molar-refractivity contribution is 0.101. The van der Waals surface area contributed by atoms with Crippen molar-refractivity contribution in [1.82, 2.24) is 24.5 Å². The van der Waals surface area contributed by atoms with Gasteiger partial charge in [-0.1, -0.05) is 12.1 Å². The van der Waals surface area contributed by atoms with Crippen molar-refractivity contribution in [3.63, 3.8) is 0 Å². The second kappa shape index (κ2) is 6.91. The highest BCUT2D eigenvalue weighted by atomic mass is 79.9. The van der Waals surface area contributed by atoms with E-state index in [0.717, 1.165) is 5.56 Å². The van der Waals surface area contributed by atoms with Gasteiger partial charge in [0.05, 0.1) is 17.2 Å². The molecule has 0 unspecified atom stereocenters. The van der Waals surface area contributed by atoms with E-state index in [1.54, 1.807) is 23.0 Å². The van der Waals surface area contributed by atoms with E-state index in [9.17, 15) is 9.18 Å². The summed E-state index contributed by atoms with van der Waals surface area (Å²) in [4.78, 5) is 16.4. The number of aryl methyl sites for hydroxylation is 1. The fourth-order valence-electron chi connectivity index (χ4n) is 2.24. The standard InChI is InChI=1S/C15H14BrFN6O/c1-2-23-13(12(16)7-19-23)14(24)20-15-18-9-22(21-15)8-10-4-3-5-11(17)6-10/h3-7,9H,2,8H2,1H3,(H,20,21,24). The number of hydrogen-bond donors (Lipinski definition) is 1. The molecule has 1 N–H and O–H groups in total. The largest absolute Gasteiger partial charge is 0.288 e. The van der Waals surface area contributed by atoms with Crippen molar-refractivity contribution in [3.8, 4) is 0 Å². The Kier molecular flexibility index (Phi) is 4.70. The molecule has 0 saturated heterocycles. The number of halogens is 2. The quantitative estimate of drug-likeness (QED) is 0.723. The van der Waals surface area contributed by atoms with E-state index in [0.29, 0.717) is 23.3 Å². The third-order valence-electron chi connectivity index (χ3n) is 3.30. The van der Waals surface area contributed by atoms with Crippen LogP contribution < -0.4 is 5.32 Å². The zero-order valence-electron chi connectivity index (χ0n) is 12.8. The Morgan fingerprint density at radius 2 is 2.25 bits per heavy atom. The van der Waals surface area contributed by atoms with Crippen LogP contribution in [-0.4, -0.2) is 30.5 Å². The van der Waals surface area contributed by atoms with Crippen molar-refractivity contribution in [2.24, 2.45) is 0 Å². The van der Waals surface area contributed by atoms with Gasteiger partial charge < -0.3 is 0 Å². The van der Waals surface area contributed by atoms with E-state index in [4.69, 9.17) is 0 Å². The van der Waals surface area contributed by atoms with E-state index in [1.165, 1.54) is 23.1 Å². The van der Waals surface area contributed by atoms with E-state index in [-0.39, 0.29) is 17.7 Å². The van der Waals surface area contributed by atoms with Crippen LogP contribution in [0.5, 0.6) is 0 Å². The lowest BCUT2D eigenvalue weighted by atomic mass is 10.2. The smallest absolute Gasteiger partial charge is 0.277 e. The molecule has 3 aromatic rings. The van der Waals surface area contributed by atoms with Gasteiger partial charge in [0.25, 0.3) is 5.91 Å². The monoisotopic (exact) mass is 392 g/mol. The van der Waals surface area contributed by atoms with Gasteiger partial charge in [0, 0.05) is 6.54 Å². The van der Waals surface area contributed by atoms with Gasteiger partial charge in [0.1, 0.15) is 17.8 Å². The maximum Gasteiger partial charge on any atom is 0.277 e. The maximum atomic E-state index is 13.2. The molecule has 0 atom stereocenters. The fourth-order valence-corrected chi connectivity index (χ4v) is 2.72. The van der Waals surface area contributed by atoms with Gasteiger partial charge in [-0.25, -0.2) is 14.1 Å². The van der Waals surface area contributed by atoms with Crippen LogP contribution in [0.15, 0.2) is 41.3 Å². The summed E-state index contributed by atoms with van der Waals surface area (Å²) in [5, 5.41) is 10.9. The molecular weight excluding hydrogens is 379 g/mol. The molecular formula is C15H14BrFN6O. The lowest BCUT2D eigenvalue weighted by Crippen LogP contribution is -2.19. The van der Waals surface area contributed by atoms with Crippen LogP contribution in [0.25, 0.3) is 0 Å².